The van der Waals surface area contributed by atoms with E-state index < -0.39 is 10.0 Å². The van der Waals surface area contributed by atoms with Gasteiger partial charge in [0.2, 0.25) is 10.0 Å². The highest BCUT2D eigenvalue weighted by Crippen LogP contribution is 2.28. The fraction of sp³-hybridized carbons (Fsp3) is 0.636. The number of hydrogen-bond donors (Lipinski definition) is 0. The van der Waals surface area contributed by atoms with Gasteiger partial charge in [-0.15, -0.1) is 22.9 Å². The zero-order valence-electron chi connectivity index (χ0n) is 11.1. The molecule has 0 amide bonds. The Hall–Kier alpha value is -0.140. The number of alkyl halides is 1. The first kappa shape index (κ1) is 15.9. The predicted molar refractivity (Wildman–Crippen MR) is 77.0 cm³/mol. The van der Waals surface area contributed by atoms with Crippen molar-refractivity contribution < 1.29 is 8.42 Å². The average molecular weight is 311 g/mol. The number of nitrogens with zero attached hydrogens (tertiary/aromatic N) is 2. The first-order valence-electron chi connectivity index (χ1n) is 5.55. The van der Waals surface area contributed by atoms with Crippen molar-refractivity contribution in [1.82, 2.24) is 9.21 Å². The third kappa shape index (κ3) is 3.68. The van der Waals surface area contributed by atoms with E-state index in [1.54, 1.807) is 13.1 Å². The molecule has 0 saturated heterocycles. The van der Waals surface area contributed by atoms with Crippen LogP contribution in [0.1, 0.15) is 9.75 Å². The summed E-state index contributed by atoms with van der Waals surface area (Å²) in [6, 6.07) is 1.68. The van der Waals surface area contributed by atoms with E-state index in [1.807, 2.05) is 25.9 Å². The number of hydrogen-bond acceptors (Lipinski definition) is 4. The highest BCUT2D eigenvalue weighted by atomic mass is 35.5. The Bertz CT molecular complexity index is 497. The van der Waals surface area contributed by atoms with Crippen LogP contribution in [-0.4, -0.2) is 51.9 Å². The van der Waals surface area contributed by atoms with E-state index in [4.69, 9.17) is 11.6 Å². The molecule has 0 fully saturated rings. The Morgan fingerprint density at radius 3 is 2.33 bits per heavy atom. The van der Waals surface area contributed by atoms with Gasteiger partial charge in [0.25, 0.3) is 0 Å². The number of halogens is 1. The average Bonchev–Trinajstić information content (AvgIpc) is 2.67. The van der Waals surface area contributed by atoms with Crippen LogP contribution in [-0.2, 0) is 15.9 Å². The van der Waals surface area contributed by atoms with Crippen molar-refractivity contribution in [2.45, 2.75) is 17.7 Å². The molecule has 1 heterocycles. The minimum absolute atomic E-state index is 0.350. The van der Waals surface area contributed by atoms with Crippen molar-refractivity contribution in [1.29, 1.82) is 0 Å². The minimum atomic E-state index is -3.40. The normalized spacial score (nSPS) is 12.6. The van der Waals surface area contributed by atoms with Crippen LogP contribution in [0.5, 0.6) is 0 Å². The molecule has 0 aliphatic rings. The number of sulfonamides is 1. The first-order valence-corrected chi connectivity index (χ1v) is 8.34. The lowest BCUT2D eigenvalue weighted by atomic mass is 10.4. The Morgan fingerprint density at radius 1 is 1.28 bits per heavy atom. The molecule has 7 heteroatoms. The zero-order valence-corrected chi connectivity index (χ0v) is 13.5. The quantitative estimate of drug-likeness (QED) is 0.754. The molecule has 1 aromatic heterocycles. The minimum Gasteiger partial charge on any atom is -0.308 e. The monoisotopic (exact) mass is 310 g/mol. The number of aryl methyl sites for hydroxylation is 1. The third-order valence-corrected chi connectivity index (χ3v) is 6.21. The number of thiophene rings is 1. The molecule has 0 atom stereocenters. The second-order valence-electron chi connectivity index (χ2n) is 4.40. The highest BCUT2D eigenvalue weighted by molar-refractivity contribution is 7.89. The second-order valence-corrected chi connectivity index (χ2v) is 8.02. The van der Waals surface area contributed by atoms with E-state index in [0.717, 1.165) is 9.75 Å². The zero-order chi connectivity index (χ0) is 13.9. The number of rotatable bonds is 6. The van der Waals surface area contributed by atoms with Gasteiger partial charge >= 0.3 is 0 Å². The summed E-state index contributed by atoms with van der Waals surface area (Å²) in [4.78, 5) is 4.01. The maximum atomic E-state index is 12.4. The van der Waals surface area contributed by atoms with Gasteiger partial charge < -0.3 is 4.90 Å². The molecular weight excluding hydrogens is 292 g/mol. The van der Waals surface area contributed by atoms with E-state index in [1.165, 1.54) is 15.6 Å². The second kappa shape index (κ2) is 6.34. The van der Waals surface area contributed by atoms with Gasteiger partial charge in [-0.05, 0) is 27.1 Å². The van der Waals surface area contributed by atoms with Crippen LogP contribution in [0.4, 0.5) is 0 Å². The van der Waals surface area contributed by atoms with Gasteiger partial charge in [-0.2, -0.15) is 4.31 Å². The maximum Gasteiger partial charge on any atom is 0.243 e. The fourth-order valence-corrected chi connectivity index (χ4v) is 4.33. The molecule has 1 aromatic rings. The summed E-state index contributed by atoms with van der Waals surface area (Å²) in [7, 11) is 2.05. The first-order chi connectivity index (χ1) is 8.28. The predicted octanol–water partition coefficient (Wildman–Crippen LogP) is 1.98. The van der Waals surface area contributed by atoms with Crippen LogP contribution in [0.2, 0.25) is 0 Å². The summed E-state index contributed by atoms with van der Waals surface area (Å²) < 4.78 is 26.1. The Kier molecular flexibility index (Phi) is 5.61. The van der Waals surface area contributed by atoms with Gasteiger partial charge in [0.05, 0.1) is 10.8 Å². The van der Waals surface area contributed by atoms with Crippen LogP contribution in [0.3, 0.4) is 0 Å². The maximum absolute atomic E-state index is 12.4. The fourth-order valence-electron chi connectivity index (χ4n) is 1.48. The van der Waals surface area contributed by atoms with E-state index in [0.29, 0.717) is 23.9 Å². The molecule has 4 nitrogen and oxygen atoms in total. The Balaban J connectivity index is 2.94. The lowest BCUT2D eigenvalue weighted by Gasteiger charge is -2.19. The molecule has 0 aromatic carbocycles. The molecule has 104 valence electrons. The van der Waals surface area contributed by atoms with Gasteiger partial charge in [-0.1, -0.05) is 0 Å². The van der Waals surface area contributed by atoms with Crippen molar-refractivity contribution in [2.24, 2.45) is 0 Å². The van der Waals surface area contributed by atoms with Gasteiger partial charge in [0.15, 0.2) is 0 Å². The van der Waals surface area contributed by atoms with Gasteiger partial charge in [0, 0.05) is 29.9 Å². The topological polar surface area (TPSA) is 40.6 Å². The van der Waals surface area contributed by atoms with Crippen molar-refractivity contribution in [3.63, 3.8) is 0 Å². The highest BCUT2D eigenvalue weighted by Gasteiger charge is 2.24. The van der Waals surface area contributed by atoms with E-state index in [2.05, 4.69) is 0 Å². The molecule has 0 aliphatic heterocycles. The lowest BCUT2D eigenvalue weighted by molar-refractivity contribution is 0.358. The van der Waals surface area contributed by atoms with E-state index in [9.17, 15) is 8.42 Å². The molecule has 0 aliphatic carbocycles. The molecule has 0 N–H and O–H groups in total. The molecule has 18 heavy (non-hydrogen) atoms. The van der Waals surface area contributed by atoms with E-state index in [-0.39, 0.29) is 0 Å². The van der Waals surface area contributed by atoms with Gasteiger partial charge in [-0.3, -0.25) is 0 Å². The third-order valence-electron chi connectivity index (χ3n) is 2.61. The molecule has 1 rings (SSSR count). The SMILES string of the molecule is Cc1sc(CCl)cc1S(=O)(=O)N(C)CCN(C)C. The van der Waals surface area contributed by atoms with Crippen molar-refractivity contribution in [3.8, 4) is 0 Å². The standard InChI is InChI=1S/C11H19ClN2O2S2/c1-9-11(7-10(8-12)17-9)18(15,16)14(4)6-5-13(2)3/h7H,5-6,8H2,1-4H3. The van der Waals surface area contributed by atoms with Crippen LogP contribution in [0, 0.1) is 6.92 Å². The summed E-state index contributed by atoms with van der Waals surface area (Å²) in [5, 5.41) is 0. The number of likely N-dealkylation sites (N-methyl/N-ethyl adjacent to an activating group) is 2. The Morgan fingerprint density at radius 2 is 1.89 bits per heavy atom. The lowest BCUT2D eigenvalue weighted by Crippen LogP contribution is -2.33. The smallest absolute Gasteiger partial charge is 0.243 e. The molecule has 0 spiro atoms. The van der Waals surface area contributed by atoms with Gasteiger partial charge in [0.1, 0.15) is 0 Å². The summed E-state index contributed by atoms with van der Waals surface area (Å²) in [6.07, 6.45) is 0. The molecule has 0 unspecified atom stereocenters. The van der Waals surface area contributed by atoms with Crippen LogP contribution < -0.4 is 0 Å². The largest absolute Gasteiger partial charge is 0.308 e. The molecular formula is C11H19ClN2O2S2. The van der Waals surface area contributed by atoms with Crippen molar-refractivity contribution >= 4 is 33.0 Å². The van der Waals surface area contributed by atoms with Crippen molar-refractivity contribution in [3.05, 3.63) is 15.8 Å². The van der Waals surface area contributed by atoms with Crippen LogP contribution in [0.25, 0.3) is 0 Å². The van der Waals surface area contributed by atoms with Crippen molar-refractivity contribution in [2.75, 3.05) is 34.2 Å². The summed E-state index contributed by atoms with van der Waals surface area (Å²) >= 11 is 7.17. The molecule has 0 saturated carbocycles. The van der Waals surface area contributed by atoms with Crippen LogP contribution in [0.15, 0.2) is 11.0 Å². The van der Waals surface area contributed by atoms with Gasteiger partial charge in [-0.25, -0.2) is 8.42 Å². The van der Waals surface area contributed by atoms with Crippen LogP contribution >= 0.6 is 22.9 Å². The van der Waals surface area contributed by atoms with E-state index >= 15 is 0 Å². The summed E-state index contributed by atoms with van der Waals surface area (Å²) in [6.45, 7) is 2.98. The summed E-state index contributed by atoms with van der Waals surface area (Å²) in [5.41, 5.74) is 0. The molecule has 0 radical (unpaired) electrons. The Labute approximate surface area is 118 Å². The molecule has 0 bridgehead atoms. The summed E-state index contributed by atoms with van der Waals surface area (Å²) in [5.74, 6) is 0.350.